The second-order valence-corrected chi connectivity index (χ2v) is 6.16. The Morgan fingerprint density at radius 1 is 1.29 bits per heavy atom. The van der Waals surface area contributed by atoms with Crippen LogP contribution in [0, 0.1) is 44.8 Å². The Balaban J connectivity index is 2.97. The summed E-state index contributed by atoms with van der Waals surface area (Å²) in [5.74, 6) is 1.79. The van der Waals surface area contributed by atoms with E-state index in [9.17, 15) is 10.5 Å². The topological polar surface area (TPSA) is 132 Å². The van der Waals surface area contributed by atoms with E-state index in [1.165, 1.54) is 0 Å². The minimum atomic E-state index is -1.42. The smallest absolute Gasteiger partial charge is 0.146 e. The van der Waals surface area contributed by atoms with Gasteiger partial charge in [0.15, 0.2) is 0 Å². The van der Waals surface area contributed by atoms with Crippen LogP contribution >= 0.6 is 0 Å². The quantitative estimate of drug-likeness (QED) is 0.575. The van der Waals surface area contributed by atoms with Gasteiger partial charge in [0, 0.05) is 0 Å². The van der Waals surface area contributed by atoms with Crippen molar-refractivity contribution in [3.05, 3.63) is 22.3 Å². The fourth-order valence-corrected chi connectivity index (χ4v) is 3.62. The minimum Gasteiger partial charge on any atom is -0.762 e. The number of nitriles is 3. The molecule has 0 fully saturated rings. The summed E-state index contributed by atoms with van der Waals surface area (Å²) >= 11 is 0. The highest BCUT2D eigenvalue weighted by Crippen LogP contribution is 2.60. The van der Waals surface area contributed by atoms with Crippen molar-refractivity contribution in [3.63, 3.8) is 0 Å². The molecule has 0 saturated heterocycles. The van der Waals surface area contributed by atoms with Crippen molar-refractivity contribution in [1.29, 1.82) is 15.8 Å². The van der Waals surface area contributed by atoms with E-state index in [1.54, 1.807) is 18.9 Å². The maximum Gasteiger partial charge on any atom is 0.146 e. The number of nitrogens with zero attached hydrogens (tertiary/aromatic N) is 5. The highest BCUT2D eigenvalue weighted by atomic mass is 15.0. The molecule has 2 aliphatic heterocycles. The maximum atomic E-state index is 9.79. The Bertz CT molecular complexity index is 772. The number of aliphatic imine (C=N–C) groups is 1. The zero-order valence-electron chi connectivity index (χ0n) is 12.0. The first-order valence-electron chi connectivity index (χ1n) is 6.34. The van der Waals surface area contributed by atoms with Gasteiger partial charge in [-0.05, 0) is 18.8 Å². The molecule has 0 aromatic heterocycles. The predicted molar refractivity (Wildman–Crippen MR) is 76.6 cm³/mol. The van der Waals surface area contributed by atoms with Gasteiger partial charge in [-0.3, -0.25) is 4.99 Å². The van der Waals surface area contributed by atoms with E-state index in [4.69, 9.17) is 16.4 Å². The van der Waals surface area contributed by atoms with Crippen LogP contribution < -0.4 is 5.73 Å². The van der Waals surface area contributed by atoms with E-state index < -0.39 is 16.4 Å². The van der Waals surface area contributed by atoms with Crippen LogP contribution in [0.2, 0.25) is 0 Å². The Morgan fingerprint density at radius 2 is 1.90 bits per heavy atom. The average molecular weight is 277 g/mol. The first-order chi connectivity index (χ1) is 9.74. The highest BCUT2D eigenvalue weighted by Gasteiger charge is 2.64. The molecule has 0 radical (unpaired) electrons. The number of fused-ring (bicyclic) bond motifs is 1. The van der Waals surface area contributed by atoms with Gasteiger partial charge in [0.05, 0.1) is 40.2 Å². The van der Waals surface area contributed by atoms with E-state index in [2.05, 4.69) is 11.1 Å². The monoisotopic (exact) mass is 277 g/mol. The Labute approximate surface area is 123 Å². The summed E-state index contributed by atoms with van der Waals surface area (Å²) in [6.07, 6.45) is 0.449. The van der Waals surface area contributed by atoms with Crippen molar-refractivity contribution in [2.45, 2.75) is 32.7 Å². The van der Waals surface area contributed by atoms with Gasteiger partial charge in [0.2, 0.25) is 0 Å². The van der Waals surface area contributed by atoms with Crippen molar-refractivity contribution in [3.8, 4) is 18.2 Å². The molecule has 0 aromatic carbocycles. The second kappa shape index (κ2) is 4.06. The summed E-state index contributed by atoms with van der Waals surface area (Å²) in [6, 6.07) is 5.96. The second-order valence-electron chi connectivity index (χ2n) is 6.16. The first-order valence-corrected chi connectivity index (χ1v) is 6.34. The molecule has 1 aliphatic carbocycles. The van der Waals surface area contributed by atoms with Gasteiger partial charge in [0.1, 0.15) is 11.5 Å². The van der Waals surface area contributed by atoms with Crippen LogP contribution in [0.5, 0.6) is 0 Å². The lowest BCUT2D eigenvalue weighted by atomic mass is 9.49. The summed E-state index contributed by atoms with van der Waals surface area (Å²) in [6.45, 7) is 5.43. The molecular weight excluding hydrogens is 264 g/mol. The molecule has 2 unspecified atom stereocenters. The molecule has 3 rings (SSSR count). The summed E-state index contributed by atoms with van der Waals surface area (Å²) in [5.41, 5.74) is 3.40. The van der Waals surface area contributed by atoms with Crippen molar-refractivity contribution < 1.29 is 0 Å². The fourth-order valence-electron chi connectivity index (χ4n) is 3.62. The average Bonchev–Trinajstić information content (AvgIpc) is 2.38. The highest BCUT2D eigenvalue weighted by molar-refractivity contribution is 6.18. The van der Waals surface area contributed by atoms with Gasteiger partial charge in [-0.15, -0.1) is 0 Å². The molecule has 0 saturated carbocycles. The number of nitrogens with two attached hydrogens (primary N) is 1. The molecule has 2 heterocycles. The first kappa shape index (κ1) is 14.5. The standard InChI is InChI=1S/C15H13N6/c1-13(2)7-14(3)10(6-18)11(20)15(13,8-19)12(21-14)9(4-16)5-17/h7,20H2,1-3H3/q-1. The molecule has 0 amide bonds. The molecule has 6 heteroatoms. The van der Waals surface area contributed by atoms with E-state index in [1.807, 2.05) is 19.9 Å². The number of allylic oxidation sites excluding steroid dienone is 2. The largest absolute Gasteiger partial charge is 0.762 e. The lowest BCUT2D eigenvalue weighted by molar-refractivity contribution is 0.145. The van der Waals surface area contributed by atoms with Crippen molar-refractivity contribution in [2.24, 2.45) is 21.6 Å². The van der Waals surface area contributed by atoms with E-state index in [0.717, 1.165) is 0 Å². The lowest BCUT2D eigenvalue weighted by Crippen LogP contribution is -2.60. The summed E-state index contributed by atoms with van der Waals surface area (Å²) in [7, 11) is 0. The number of rotatable bonds is 1. The maximum absolute atomic E-state index is 9.79. The van der Waals surface area contributed by atoms with Crippen LogP contribution in [0.1, 0.15) is 27.2 Å². The van der Waals surface area contributed by atoms with Crippen LogP contribution in [0.3, 0.4) is 0 Å². The third-order valence-electron chi connectivity index (χ3n) is 4.47. The predicted octanol–water partition coefficient (Wildman–Crippen LogP) is 1.57. The van der Waals surface area contributed by atoms with Crippen LogP contribution in [0.15, 0.2) is 21.8 Å². The Hall–Kier alpha value is -2.87. The molecule has 3 aliphatic rings. The molecule has 6 nitrogen and oxygen atoms in total. The molecule has 21 heavy (non-hydrogen) atoms. The van der Waals surface area contributed by atoms with E-state index in [0.29, 0.717) is 6.42 Å². The lowest BCUT2D eigenvalue weighted by Gasteiger charge is -2.55. The fraction of sp³-hybridized carbons (Fsp3) is 0.467. The molecule has 2 N–H and O–H groups in total. The SMILES string of the molecule is CC12CC(C)(C)C(C#N)(C(C(=C=[N-])C#N)=N1)C(N)=C2C#N. The van der Waals surface area contributed by atoms with Gasteiger partial charge in [-0.2, -0.15) is 15.8 Å². The normalized spacial score (nSPS) is 32.3. The third kappa shape index (κ3) is 1.44. The van der Waals surface area contributed by atoms with Crippen LogP contribution in [0.4, 0.5) is 0 Å². The molecule has 0 aromatic rings. The van der Waals surface area contributed by atoms with Gasteiger partial charge in [-0.1, -0.05) is 13.8 Å². The summed E-state index contributed by atoms with van der Waals surface area (Å²) in [4.78, 5) is 4.42. The summed E-state index contributed by atoms with van der Waals surface area (Å²) in [5, 5.41) is 37.5. The number of dihydropyridines is 1. The van der Waals surface area contributed by atoms with Gasteiger partial charge >= 0.3 is 0 Å². The van der Waals surface area contributed by atoms with E-state index in [-0.39, 0.29) is 22.6 Å². The van der Waals surface area contributed by atoms with Gasteiger partial charge in [0.25, 0.3) is 0 Å². The van der Waals surface area contributed by atoms with Crippen molar-refractivity contribution >= 4 is 11.6 Å². The summed E-state index contributed by atoms with van der Waals surface area (Å²) < 4.78 is 0. The third-order valence-corrected chi connectivity index (χ3v) is 4.47. The van der Waals surface area contributed by atoms with Crippen LogP contribution in [-0.4, -0.2) is 17.1 Å². The van der Waals surface area contributed by atoms with Crippen molar-refractivity contribution in [2.75, 3.05) is 0 Å². The molecular formula is C15H13N6-. The molecule has 104 valence electrons. The van der Waals surface area contributed by atoms with Crippen molar-refractivity contribution in [1.82, 2.24) is 0 Å². The van der Waals surface area contributed by atoms with Gasteiger partial charge in [-0.25, -0.2) is 5.87 Å². The number of hydrogen-bond donors (Lipinski definition) is 1. The minimum absolute atomic E-state index is 0.0882. The van der Waals surface area contributed by atoms with E-state index >= 15 is 0 Å². The van der Waals surface area contributed by atoms with Crippen LogP contribution in [-0.2, 0) is 0 Å². The zero-order chi connectivity index (χ0) is 16.1. The molecule has 0 spiro atoms. The molecule has 2 bridgehead atoms. The van der Waals surface area contributed by atoms with Gasteiger partial charge < -0.3 is 11.1 Å². The zero-order valence-corrected chi connectivity index (χ0v) is 12.0. The molecule has 2 atom stereocenters. The Kier molecular flexibility index (Phi) is 2.81. The Morgan fingerprint density at radius 3 is 2.33 bits per heavy atom. The number of hydrogen-bond acceptors (Lipinski definition) is 5. The van der Waals surface area contributed by atoms with Crippen LogP contribution in [0.25, 0.3) is 5.41 Å².